The Morgan fingerprint density at radius 3 is 2.74 bits per heavy atom. The number of para-hydroxylation sites is 1. The Labute approximate surface area is 156 Å². The molecule has 0 saturated heterocycles. The maximum absolute atomic E-state index is 9.23. The molecule has 2 heterocycles. The molecule has 0 fully saturated rings. The SMILES string of the molecule is Cc1nc(NCc2ccc3c(c2)OCO3)cc(Nc2ccccc2C#N)n1. The summed E-state index contributed by atoms with van der Waals surface area (Å²) in [6.07, 6.45) is 0. The molecule has 0 amide bonds. The molecule has 3 aromatic rings. The monoisotopic (exact) mass is 359 g/mol. The number of benzene rings is 2. The molecular weight excluding hydrogens is 342 g/mol. The standard InChI is InChI=1S/C20H17N5O2/c1-13-23-19(22-11-14-6-7-17-18(8-14)27-12-26-17)9-20(24-13)25-16-5-3-2-4-15(16)10-21/h2-9H,11-12H2,1H3,(H2,22,23,24,25). The Balaban J connectivity index is 1.50. The lowest BCUT2D eigenvalue weighted by Gasteiger charge is -2.11. The van der Waals surface area contributed by atoms with Gasteiger partial charge in [-0.3, -0.25) is 0 Å². The average molecular weight is 359 g/mol. The Hall–Kier alpha value is -3.79. The molecule has 0 spiro atoms. The summed E-state index contributed by atoms with van der Waals surface area (Å²) in [4.78, 5) is 8.82. The predicted molar refractivity (Wildman–Crippen MR) is 101 cm³/mol. The molecule has 4 rings (SSSR count). The number of nitrogens with zero attached hydrogens (tertiary/aromatic N) is 3. The van der Waals surface area contributed by atoms with E-state index in [1.165, 1.54) is 0 Å². The largest absolute Gasteiger partial charge is 0.454 e. The Bertz CT molecular complexity index is 1030. The van der Waals surface area contributed by atoms with Crippen LogP contribution in [0.4, 0.5) is 17.3 Å². The van der Waals surface area contributed by atoms with Crippen LogP contribution in [0.3, 0.4) is 0 Å². The highest BCUT2D eigenvalue weighted by molar-refractivity contribution is 5.65. The maximum atomic E-state index is 9.23. The fourth-order valence-electron chi connectivity index (χ4n) is 2.79. The van der Waals surface area contributed by atoms with E-state index in [4.69, 9.17) is 9.47 Å². The molecule has 7 nitrogen and oxygen atoms in total. The van der Waals surface area contributed by atoms with Gasteiger partial charge in [0.15, 0.2) is 11.5 Å². The first kappa shape index (κ1) is 16.7. The maximum Gasteiger partial charge on any atom is 0.231 e. The zero-order valence-electron chi connectivity index (χ0n) is 14.7. The number of fused-ring (bicyclic) bond motifs is 1. The highest BCUT2D eigenvalue weighted by atomic mass is 16.7. The first-order valence-electron chi connectivity index (χ1n) is 8.45. The number of rotatable bonds is 5. The lowest BCUT2D eigenvalue weighted by molar-refractivity contribution is 0.174. The van der Waals surface area contributed by atoms with Gasteiger partial charge in [-0.2, -0.15) is 5.26 Å². The van der Waals surface area contributed by atoms with Crippen LogP contribution in [0, 0.1) is 18.3 Å². The van der Waals surface area contributed by atoms with Gasteiger partial charge in [0.1, 0.15) is 23.5 Å². The highest BCUT2D eigenvalue weighted by Crippen LogP contribution is 2.32. The van der Waals surface area contributed by atoms with Gasteiger partial charge in [0.2, 0.25) is 6.79 Å². The van der Waals surface area contributed by atoms with Crippen LogP contribution in [-0.2, 0) is 6.54 Å². The van der Waals surface area contributed by atoms with Crippen molar-refractivity contribution in [2.75, 3.05) is 17.4 Å². The van der Waals surface area contributed by atoms with Crippen LogP contribution in [0.25, 0.3) is 0 Å². The fourth-order valence-corrected chi connectivity index (χ4v) is 2.79. The molecule has 2 aromatic carbocycles. The Morgan fingerprint density at radius 1 is 1.04 bits per heavy atom. The van der Waals surface area contributed by atoms with Crippen molar-refractivity contribution in [1.82, 2.24) is 9.97 Å². The molecule has 2 N–H and O–H groups in total. The summed E-state index contributed by atoms with van der Waals surface area (Å²) in [5, 5.41) is 15.7. The van der Waals surface area contributed by atoms with Crippen molar-refractivity contribution in [3.8, 4) is 17.6 Å². The second-order valence-corrected chi connectivity index (χ2v) is 6.01. The third-order valence-electron chi connectivity index (χ3n) is 4.06. The first-order chi connectivity index (χ1) is 13.2. The molecule has 1 aromatic heterocycles. The summed E-state index contributed by atoms with van der Waals surface area (Å²) in [5.74, 6) is 3.46. The van der Waals surface area contributed by atoms with Gasteiger partial charge < -0.3 is 20.1 Å². The highest BCUT2D eigenvalue weighted by Gasteiger charge is 2.13. The van der Waals surface area contributed by atoms with Gasteiger partial charge in [0, 0.05) is 12.6 Å². The molecule has 0 atom stereocenters. The van der Waals surface area contributed by atoms with Crippen molar-refractivity contribution in [2.24, 2.45) is 0 Å². The summed E-state index contributed by atoms with van der Waals surface area (Å²) in [7, 11) is 0. The Morgan fingerprint density at radius 2 is 1.85 bits per heavy atom. The smallest absolute Gasteiger partial charge is 0.231 e. The number of nitrogens with one attached hydrogen (secondary N) is 2. The zero-order chi connectivity index (χ0) is 18.6. The number of ether oxygens (including phenoxy) is 2. The van der Waals surface area contributed by atoms with Gasteiger partial charge in [-0.05, 0) is 36.8 Å². The summed E-state index contributed by atoms with van der Waals surface area (Å²) in [5.41, 5.74) is 2.32. The van der Waals surface area contributed by atoms with Crippen molar-refractivity contribution in [3.63, 3.8) is 0 Å². The van der Waals surface area contributed by atoms with Crippen molar-refractivity contribution in [2.45, 2.75) is 13.5 Å². The number of aromatic nitrogens is 2. The fraction of sp³-hybridized carbons (Fsp3) is 0.150. The van der Waals surface area contributed by atoms with Crippen LogP contribution in [-0.4, -0.2) is 16.8 Å². The molecule has 0 unspecified atom stereocenters. The molecule has 0 saturated carbocycles. The summed E-state index contributed by atoms with van der Waals surface area (Å²) < 4.78 is 10.7. The van der Waals surface area contributed by atoms with E-state index in [1.807, 2.05) is 49.4 Å². The molecule has 0 aliphatic carbocycles. The molecule has 0 bridgehead atoms. The van der Waals surface area contributed by atoms with E-state index < -0.39 is 0 Å². The van der Waals surface area contributed by atoms with E-state index >= 15 is 0 Å². The van der Waals surface area contributed by atoms with Crippen molar-refractivity contribution in [1.29, 1.82) is 5.26 Å². The number of aryl methyl sites for hydroxylation is 1. The van der Waals surface area contributed by atoms with Gasteiger partial charge in [0.25, 0.3) is 0 Å². The summed E-state index contributed by atoms with van der Waals surface area (Å²) >= 11 is 0. The van der Waals surface area contributed by atoms with E-state index in [9.17, 15) is 5.26 Å². The van der Waals surface area contributed by atoms with E-state index in [1.54, 1.807) is 6.07 Å². The number of hydrogen-bond donors (Lipinski definition) is 2. The van der Waals surface area contributed by atoms with Crippen LogP contribution in [0.5, 0.6) is 11.5 Å². The first-order valence-corrected chi connectivity index (χ1v) is 8.45. The van der Waals surface area contributed by atoms with Crippen LogP contribution in [0.15, 0.2) is 48.5 Å². The lowest BCUT2D eigenvalue weighted by Crippen LogP contribution is -2.05. The molecule has 134 valence electrons. The number of anilines is 3. The third kappa shape index (κ3) is 3.75. The molecule has 7 heteroatoms. The third-order valence-corrected chi connectivity index (χ3v) is 4.06. The van der Waals surface area contributed by atoms with Crippen molar-refractivity contribution >= 4 is 17.3 Å². The number of hydrogen-bond acceptors (Lipinski definition) is 7. The quantitative estimate of drug-likeness (QED) is 0.717. The molecule has 27 heavy (non-hydrogen) atoms. The van der Waals surface area contributed by atoms with E-state index in [0.717, 1.165) is 17.1 Å². The number of nitriles is 1. The lowest BCUT2D eigenvalue weighted by atomic mass is 10.2. The van der Waals surface area contributed by atoms with Gasteiger partial charge in [-0.15, -0.1) is 0 Å². The molecule has 0 radical (unpaired) electrons. The van der Waals surface area contributed by atoms with Gasteiger partial charge in [-0.1, -0.05) is 18.2 Å². The van der Waals surface area contributed by atoms with Crippen LogP contribution < -0.4 is 20.1 Å². The van der Waals surface area contributed by atoms with E-state index in [0.29, 0.717) is 35.3 Å². The van der Waals surface area contributed by atoms with Crippen LogP contribution >= 0.6 is 0 Å². The second kappa shape index (κ2) is 7.22. The minimum atomic E-state index is 0.260. The zero-order valence-corrected chi connectivity index (χ0v) is 14.7. The summed E-state index contributed by atoms with van der Waals surface area (Å²) in [6, 6.07) is 17.1. The topological polar surface area (TPSA) is 92.1 Å². The normalized spacial score (nSPS) is 11.7. The molecule has 1 aliphatic rings. The average Bonchev–Trinajstić information content (AvgIpc) is 3.14. The van der Waals surface area contributed by atoms with Gasteiger partial charge in [-0.25, -0.2) is 9.97 Å². The Kier molecular flexibility index (Phi) is 4.45. The van der Waals surface area contributed by atoms with Gasteiger partial charge >= 0.3 is 0 Å². The van der Waals surface area contributed by atoms with Crippen molar-refractivity contribution in [3.05, 3.63) is 65.5 Å². The van der Waals surface area contributed by atoms with Crippen molar-refractivity contribution < 1.29 is 9.47 Å². The minimum absolute atomic E-state index is 0.260. The second-order valence-electron chi connectivity index (χ2n) is 6.01. The van der Waals surface area contributed by atoms with E-state index in [2.05, 4.69) is 26.7 Å². The molecule has 1 aliphatic heterocycles. The minimum Gasteiger partial charge on any atom is -0.454 e. The predicted octanol–water partition coefficient (Wildman–Crippen LogP) is 3.74. The molecular formula is C20H17N5O2. The van der Waals surface area contributed by atoms with Crippen LogP contribution in [0.1, 0.15) is 17.0 Å². The summed E-state index contributed by atoms with van der Waals surface area (Å²) in [6.45, 7) is 2.67. The van der Waals surface area contributed by atoms with Crippen LogP contribution in [0.2, 0.25) is 0 Å². The van der Waals surface area contributed by atoms with Gasteiger partial charge in [0.05, 0.1) is 11.3 Å². The van der Waals surface area contributed by atoms with E-state index in [-0.39, 0.29) is 6.79 Å².